The van der Waals surface area contributed by atoms with Crippen LogP contribution in [-0.2, 0) is 0 Å². The van der Waals surface area contributed by atoms with Crippen molar-refractivity contribution < 1.29 is 14.6 Å². The van der Waals surface area contributed by atoms with Crippen LogP contribution in [0.1, 0.15) is 11.1 Å². The van der Waals surface area contributed by atoms with Gasteiger partial charge < -0.3 is 4.74 Å². The fraction of sp³-hybridized carbons (Fsp3) is 0.0500. The Bertz CT molecular complexity index is 1210. The molecule has 0 fully saturated rings. The lowest BCUT2D eigenvalue weighted by molar-refractivity contribution is -0.394. The average Bonchev–Trinajstić information content (AvgIpc) is 2.71. The summed E-state index contributed by atoms with van der Waals surface area (Å²) < 4.78 is 6.70. The van der Waals surface area contributed by atoms with Crippen LogP contribution in [0.25, 0.3) is 0 Å². The van der Waals surface area contributed by atoms with Crippen LogP contribution >= 0.6 is 43.5 Å². The van der Waals surface area contributed by atoms with E-state index in [0.29, 0.717) is 14.0 Å². The predicted molar refractivity (Wildman–Crippen MR) is 125 cm³/mol. The Morgan fingerprint density at radius 1 is 1.03 bits per heavy atom. The fourth-order valence-electron chi connectivity index (χ4n) is 2.59. The second kappa shape index (κ2) is 9.54. The number of benzene rings is 3. The summed E-state index contributed by atoms with van der Waals surface area (Å²) in [7, 11) is 0. The zero-order valence-corrected chi connectivity index (χ0v) is 19.6. The van der Waals surface area contributed by atoms with E-state index in [4.69, 9.17) is 16.3 Å². The first-order chi connectivity index (χ1) is 14.7. The van der Waals surface area contributed by atoms with Gasteiger partial charge in [0, 0.05) is 17.3 Å². The molecule has 0 unspecified atom stereocenters. The highest BCUT2D eigenvalue weighted by Crippen LogP contribution is 2.41. The van der Waals surface area contributed by atoms with E-state index in [9.17, 15) is 20.2 Å². The van der Waals surface area contributed by atoms with E-state index in [-0.39, 0.29) is 11.5 Å². The topological polar surface area (TPSA) is 108 Å². The van der Waals surface area contributed by atoms with Gasteiger partial charge in [0.15, 0.2) is 5.75 Å². The molecule has 0 aromatic heterocycles. The van der Waals surface area contributed by atoms with Crippen LogP contribution in [0.2, 0.25) is 5.02 Å². The summed E-state index contributed by atoms with van der Waals surface area (Å²) in [5.41, 5.74) is 1.38. The molecule has 0 saturated heterocycles. The second-order valence-corrected chi connectivity index (χ2v) is 8.34. The predicted octanol–water partition coefficient (Wildman–Crippen LogP) is 7.53. The van der Waals surface area contributed by atoms with Crippen molar-refractivity contribution in [2.75, 3.05) is 0 Å². The van der Waals surface area contributed by atoms with Crippen LogP contribution in [0.3, 0.4) is 0 Å². The number of ether oxygens (including phenoxy) is 1. The maximum Gasteiger partial charge on any atom is 0.318 e. The minimum Gasteiger partial charge on any atom is -0.448 e. The van der Waals surface area contributed by atoms with Gasteiger partial charge in [0.25, 0.3) is 5.69 Å². The van der Waals surface area contributed by atoms with Crippen molar-refractivity contribution in [1.82, 2.24) is 0 Å². The number of hydrogen-bond acceptors (Lipinski definition) is 6. The van der Waals surface area contributed by atoms with Crippen molar-refractivity contribution in [3.8, 4) is 11.5 Å². The number of hydrogen-bond donors (Lipinski definition) is 0. The largest absolute Gasteiger partial charge is 0.448 e. The average molecular weight is 570 g/mol. The fourth-order valence-corrected chi connectivity index (χ4v) is 4.14. The summed E-state index contributed by atoms with van der Waals surface area (Å²) >= 11 is 12.9. The lowest BCUT2D eigenvalue weighted by Crippen LogP contribution is -1.97. The maximum atomic E-state index is 11.3. The van der Waals surface area contributed by atoms with Crippen molar-refractivity contribution >= 4 is 66.7 Å². The molecule has 3 rings (SSSR count). The van der Waals surface area contributed by atoms with E-state index >= 15 is 0 Å². The van der Waals surface area contributed by atoms with Crippen LogP contribution in [0, 0.1) is 27.2 Å². The van der Waals surface area contributed by atoms with Gasteiger partial charge in [0.05, 0.1) is 30.5 Å². The first-order valence-corrected chi connectivity index (χ1v) is 10.5. The lowest BCUT2D eigenvalue weighted by Gasteiger charge is -2.11. The van der Waals surface area contributed by atoms with Crippen molar-refractivity contribution in [3.63, 3.8) is 0 Å². The molecule has 3 aromatic carbocycles. The van der Waals surface area contributed by atoms with Gasteiger partial charge in [-0.25, -0.2) is 0 Å². The van der Waals surface area contributed by atoms with Gasteiger partial charge >= 0.3 is 5.69 Å². The van der Waals surface area contributed by atoms with Gasteiger partial charge in [0.1, 0.15) is 0 Å². The third-order valence-corrected chi connectivity index (χ3v) is 5.76. The van der Waals surface area contributed by atoms with E-state index in [1.54, 1.807) is 24.4 Å². The van der Waals surface area contributed by atoms with Crippen LogP contribution in [0.5, 0.6) is 11.5 Å². The van der Waals surface area contributed by atoms with Gasteiger partial charge in [0.2, 0.25) is 5.75 Å². The zero-order chi connectivity index (χ0) is 22.7. The van der Waals surface area contributed by atoms with Crippen molar-refractivity contribution in [2.45, 2.75) is 6.92 Å². The summed E-state index contributed by atoms with van der Waals surface area (Å²) in [6.45, 7) is 1.87. The van der Waals surface area contributed by atoms with Gasteiger partial charge in [-0.2, -0.15) is 0 Å². The Labute approximate surface area is 198 Å². The van der Waals surface area contributed by atoms with Crippen molar-refractivity contribution in [2.24, 2.45) is 4.99 Å². The molecule has 0 aliphatic carbocycles. The molecule has 3 aromatic rings. The van der Waals surface area contributed by atoms with E-state index in [1.807, 2.05) is 19.1 Å². The summed E-state index contributed by atoms with van der Waals surface area (Å²) in [6, 6.07) is 12.1. The Morgan fingerprint density at radius 3 is 2.32 bits per heavy atom. The molecule has 0 N–H and O–H groups in total. The number of nitro groups is 2. The highest BCUT2D eigenvalue weighted by molar-refractivity contribution is 9.11. The molecule has 0 saturated carbocycles. The molecule has 0 spiro atoms. The number of non-ortho nitro benzene ring substituents is 1. The number of halogens is 3. The smallest absolute Gasteiger partial charge is 0.318 e. The monoisotopic (exact) mass is 567 g/mol. The SMILES string of the molecule is Cc1c(Cl)cccc1N=Cc1cc(Br)c(Oc2ccc([N+](=O)[O-])cc2[N+](=O)[O-])c(Br)c1. The highest BCUT2D eigenvalue weighted by Gasteiger charge is 2.22. The van der Waals surface area contributed by atoms with E-state index in [2.05, 4.69) is 36.9 Å². The zero-order valence-electron chi connectivity index (χ0n) is 15.7. The van der Waals surface area contributed by atoms with Crippen LogP contribution in [-0.4, -0.2) is 16.1 Å². The van der Waals surface area contributed by atoms with Crippen LogP contribution in [0.15, 0.2) is 62.5 Å². The molecule has 0 bridgehead atoms. The van der Waals surface area contributed by atoms with E-state index < -0.39 is 21.2 Å². The van der Waals surface area contributed by atoms with Gasteiger partial charge in [-0.15, -0.1) is 0 Å². The number of aliphatic imine (C=N–C) groups is 1. The summed E-state index contributed by atoms with van der Waals surface area (Å²) in [4.78, 5) is 25.2. The normalized spacial score (nSPS) is 11.0. The molecule has 0 radical (unpaired) electrons. The highest BCUT2D eigenvalue weighted by atomic mass is 79.9. The minimum absolute atomic E-state index is 0.132. The Kier molecular flexibility index (Phi) is 7.04. The number of nitrogens with zero attached hydrogens (tertiary/aromatic N) is 3. The molecule has 158 valence electrons. The van der Waals surface area contributed by atoms with Crippen LogP contribution < -0.4 is 4.74 Å². The van der Waals surface area contributed by atoms with Crippen molar-refractivity contribution in [3.05, 3.63) is 93.9 Å². The third kappa shape index (κ3) is 5.27. The molecule has 0 atom stereocenters. The molecular weight excluding hydrogens is 557 g/mol. The molecule has 0 aliphatic heterocycles. The Hall–Kier alpha value is -2.82. The summed E-state index contributed by atoms with van der Waals surface area (Å²) in [5.74, 6) is 0.140. The molecular formula is C20H12Br2ClN3O5. The molecule has 0 amide bonds. The van der Waals surface area contributed by atoms with E-state index in [0.717, 1.165) is 28.9 Å². The molecule has 0 aliphatic rings. The first kappa shape index (κ1) is 22.9. The second-order valence-electron chi connectivity index (χ2n) is 6.22. The Balaban J connectivity index is 1.93. The minimum atomic E-state index is -0.738. The number of rotatable bonds is 6. The quantitative estimate of drug-likeness (QED) is 0.173. The van der Waals surface area contributed by atoms with Gasteiger partial charge in [-0.3, -0.25) is 25.2 Å². The van der Waals surface area contributed by atoms with Crippen molar-refractivity contribution in [1.29, 1.82) is 0 Å². The third-order valence-electron chi connectivity index (χ3n) is 4.17. The van der Waals surface area contributed by atoms with Crippen LogP contribution in [0.4, 0.5) is 17.1 Å². The standard InChI is InChI=1S/C20H12Br2ClN3O5/c1-11-16(23)3-2-4-17(11)24-10-12-7-14(21)20(15(22)8-12)31-19-6-5-13(25(27)28)9-18(19)26(29)30/h2-10H,1H3. The van der Waals surface area contributed by atoms with E-state index in [1.165, 1.54) is 6.07 Å². The van der Waals surface area contributed by atoms with Gasteiger partial charge in [-0.05, 0) is 80.2 Å². The summed E-state index contributed by atoms with van der Waals surface area (Å²) in [5, 5.41) is 22.9. The molecule has 8 nitrogen and oxygen atoms in total. The molecule has 31 heavy (non-hydrogen) atoms. The van der Waals surface area contributed by atoms with Gasteiger partial charge in [-0.1, -0.05) is 17.7 Å². The number of nitro benzene ring substituents is 2. The molecule has 11 heteroatoms. The lowest BCUT2D eigenvalue weighted by atomic mass is 10.2. The first-order valence-electron chi connectivity index (χ1n) is 8.56. The molecule has 0 heterocycles. The maximum absolute atomic E-state index is 11.3. The summed E-state index contributed by atoms with van der Waals surface area (Å²) in [6.07, 6.45) is 1.65. The Morgan fingerprint density at radius 2 is 1.71 bits per heavy atom.